The third-order valence-corrected chi connectivity index (χ3v) is 3.69. The highest BCUT2D eigenvalue weighted by Gasteiger charge is 2.17. The minimum atomic E-state index is 0.766. The molecular formula is C15H15N3S. The van der Waals surface area contributed by atoms with Gasteiger partial charge >= 0.3 is 0 Å². The number of nitrogens with zero attached hydrogens (tertiary/aromatic N) is 2. The van der Waals surface area contributed by atoms with Gasteiger partial charge in [0.1, 0.15) is 0 Å². The maximum absolute atomic E-state index is 5.47. The minimum absolute atomic E-state index is 0.766. The Morgan fingerprint density at radius 1 is 1.16 bits per heavy atom. The number of rotatable bonds is 1. The van der Waals surface area contributed by atoms with E-state index in [4.69, 9.17) is 12.2 Å². The molecule has 19 heavy (non-hydrogen) atoms. The highest BCUT2D eigenvalue weighted by molar-refractivity contribution is 7.80. The summed E-state index contributed by atoms with van der Waals surface area (Å²) in [4.78, 5) is 6.28. The molecule has 2 heterocycles. The normalized spacial score (nSPS) is 13.8. The number of nitrogens with one attached hydrogen (secondary N) is 1. The molecule has 1 N–H and O–H groups in total. The van der Waals surface area contributed by atoms with E-state index < -0.39 is 0 Å². The molecule has 1 aliphatic rings. The molecule has 3 rings (SSSR count). The average Bonchev–Trinajstić information content (AvgIpc) is 2.48. The predicted molar refractivity (Wildman–Crippen MR) is 81.0 cm³/mol. The molecule has 0 saturated heterocycles. The minimum Gasteiger partial charge on any atom is -0.344 e. The van der Waals surface area contributed by atoms with Gasteiger partial charge in [-0.1, -0.05) is 24.3 Å². The van der Waals surface area contributed by atoms with Gasteiger partial charge < -0.3 is 10.2 Å². The molecule has 0 atom stereocenters. The Kier molecular flexibility index (Phi) is 3.42. The lowest BCUT2D eigenvalue weighted by Crippen LogP contribution is -2.38. The van der Waals surface area contributed by atoms with Crippen molar-refractivity contribution in [1.82, 2.24) is 9.88 Å². The van der Waals surface area contributed by atoms with Crippen molar-refractivity contribution in [2.24, 2.45) is 0 Å². The zero-order valence-electron chi connectivity index (χ0n) is 10.5. The Bertz CT molecular complexity index is 583. The number of benzene rings is 1. The van der Waals surface area contributed by atoms with Gasteiger partial charge in [0.25, 0.3) is 0 Å². The highest BCUT2D eigenvalue weighted by atomic mass is 32.1. The first kappa shape index (κ1) is 12.1. The molecule has 0 bridgehead atoms. The summed E-state index contributed by atoms with van der Waals surface area (Å²) in [5, 5.41) is 4.00. The third kappa shape index (κ3) is 2.74. The molecule has 1 aromatic heterocycles. The van der Waals surface area contributed by atoms with Crippen molar-refractivity contribution in [3.05, 3.63) is 59.9 Å². The summed E-state index contributed by atoms with van der Waals surface area (Å²) in [5.74, 6) is 0. The van der Waals surface area contributed by atoms with Crippen molar-refractivity contribution in [3.63, 3.8) is 0 Å². The first-order chi connectivity index (χ1) is 9.33. The van der Waals surface area contributed by atoms with Crippen molar-refractivity contribution in [2.75, 3.05) is 11.9 Å². The van der Waals surface area contributed by atoms with Crippen molar-refractivity contribution in [1.29, 1.82) is 0 Å². The predicted octanol–water partition coefficient (Wildman–Crippen LogP) is 2.84. The van der Waals surface area contributed by atoms with E-state index in [1.807, 2.05) is 12.1 Å². The van der Waals surface area contributed by atoms with E-state index in [1.165, 1.54) is 11.1 Å². The van der Waals surface area contributed by atoms with Crippen molar-refractivity contribution >= 4 is 23.0 Å². The first-order valence-electron chi connectivity index (χ1n) is 6.36. The second-order valence-electron chi connectivity index (χ2n) is 4.61. The Morgan fingerprint density at radius 2 is 2.00 bits per heavy atom. The van der Waals surface area contributed by atoms with Gasteiger partial charge in [-0.2, -0.15) is 0 Å². The second kappa shape index (κ2) is 5.36. The summed E-state index contributed by atoms with van der Waals surface area (Å²) in [5.41, 5.74) is 3.73. The molecule has 0 saturated carbocycles. The molecule has 0 unspecified atom stereocenters. The zero-order chi connectivity index (χ0) is 13.1. The van der Waals surface area contributed by atoms with Crippen LogP contribution in [0.3, 0.4) is 0 Å². The van der Waals surface area contributed by atoms with Crippen LogP contribution in [0.2, 0.25) is 0 Å². The molecule has 1 aliphatic heterocycles. The summed E-state index contributed by atoms with van der Waals surface area (Å²) in [6, 6.07) is 12.4. The lowest BCUT2D eigenvalue weighted by atomic mass is 10.0. The van der Waals surface area contributed by atoms with Crippen LogP contribution in [-0.4, -0.2) is 21.5 Å². The van der Waals surface area contributed by atoms with E-state index in [-0.39, 0.29) is 0 Å². The summed E-state index contributed by atoms with van der Waals surface area (Å²) in [6.45, 7) is 1.84. The van der Waals surface area contributed by atoms with Gasteiger partial charge in [-0.05, 0) is 41.9 Å². The number of anilines is 1. The number of thiocarbonyl (C=S) groups is 1. The van der Waals surface area contributed by atoms with E-state index in [0.717, 1.165) is 30.3 Å². The molecular weight excluding hydrogens is 254 g/mol. The van der Waals surface area contributed by atoms with E-state index in [1.54, 1.807) is 12.4 Å². The third-order valence-electron chi connectivity index (χ3n) is 3.33. The smallest absolute Gasteiger partial charge is 0.173 e. The first-order valence-corrected chi connectivity index (χ1v) is 6.76. The monoisotopic (exact) mass is 269 g/mol. The Balaban J connectivity index is 1.70. The van der Waals surface area contributed by atoms with E-state index in [9.17, 15) is 0 Å². The molecule has 0 radical (unpaired) electrons. The summed E-state index contributed by atoms with van der Waals surface area (Å²) >= 11 is 5.47. The Labute approximate surface area is 118 Å². The van der Waals surface area contributed by atoms with Crippen molar-refractivity contribution < 1.29 is 0 Å². The molecule has 1 aromatic carbocycles. The van der Waals surface area contributed by atoms with Crippen LogP contribution in [0.4, 0.5) is 5.69 Å². The average molecular weight is 269 g/mol. The molecule has 0 fully saturated rings. The number of aromatic nitrogens is 1. The highest BCUT2D eigenvalue weighted by Crippen LogP contribution is 2.19. The Morgan fingerprint density at radius 3 is 2.79 bits per heavy atom. The lowest BCUT2D eigenvalue weighted by molar-refractivity contribution is 0.399. The largest absolute Gasteiger partial charge is 0.344 e. The van der Waals surface area contributed by atoms with E-state index in [0.29, 0.717) is 0 Å². The van der Waals surface area contributed by atoms with Gasteiger partial charge in [-0.15, -0.1) is 0 Å². The van der Waals surface area contributed by atoms with E-state index >= 15 is 0 Å². The van der Waals surface area contributed by atoms with Crippen LogP contribution in [-0.2, 0) is 13.0 Å². The van der Waals surface area contributed by atoms with Crippen LogP contribution in [0.25, 0.3) is 0 Å². The Hall–Kier alpha value is -1.94. The topological polar surface area (TPSA) is 28.2 Å². The molecule has 4 heteroatoms. The fraction of sp³-hybridized carbons (Fsp3) is 0.200. The van der Waals surface area contributed by atoms with Gasteiger partial charge in [0, 0.05) is 19.3 Å². The summed E-state index contributed by atoms with van der Waals surface area (Å²) < 4.78 is 0. The molecule has 96 valence electrons. The standard InChI is InChI=1S/C15H15N3S/c19-15(17-14-6-3-8-16-10-14)18-9-7-12-4-1-2-5-13(12)11-18/h1-6,8,10H,7,9,11H2,(H,17,19). The van der Waals surface area contributed by atoms with Crippen LogP contribution in [0.15, 0.2) is 48.8 Å². The van der Waals surface area contributed by atoms with Crippen LogP contribution in [0.1, 0.15) is 11.1 Å². The fourth-order valence-corrected chi connectivity index (χ4v) is 2.58. The maximum Gasteiger partial charge on any atom is 0.173 e. The van der Waals surface area contributed by atoms with Crippen LogP contribution in [0, 0.1) is 0 Å². The van der Waals surface area contributed by atoms with Gasteiger partial charge in [-0.3, -0.25) is 4.98 Å². The van der Waals surface area contributed by atoms with Crippen LogP contribution in [0.5, 0.6) is 0 Å². The lowest BCUT2D eigenvalue weighted by Gasteiger charge is -2.31. The SMILES string of the molecule is S=C(Nc1cccnc1)N1CCc2ccccc2C1. The van der Waals surface area contributed by atoms with Gasteiger partial charge in [0.2, 0.25) is 0 Å². The van der Waals surface area contributed by atoms with Crippen molar-refractivity contribution in [3.8, 4) is 0 Å². The molecule has 3 nitrogen and oxygen atoms in total. The van der Waals surface area contributed by atoms with Crippen LogP contribution < -0.4 is 5.32 Å². The summed E-state index contributed by atoms with van der Waals surface area (Å²) in [7, 11) is 0. The number of hydrogen-bond acceptors (Lipinski definition) is 2. The molecule has 0 aliphatic carbocycles. The van der Waals surface area contributed by atoms with E-state index in [2.05, 4.69) is 39.5 Å². The number of hydrogen-bond donors (Lipinski definition) is 1. The van der Waals surface area contributed by atoms with Gasteiger partial charge in [0.15, 0.2) is 5.11 Å². The van der Waals surface area contributed by atoms with Gasteiger partial charge in [-0.25, -0.2) is 0 Å². The quantitative estimate of drug-likeness (QED) is 0.806. The molecule has 0 spiro atoms. The fourth-order valence-electron chi connectivity index (χ4n) is 2.31. The van der Waals surface area contributed by atoms with Crippen LogP contribution >= 0.6 is 12.2 Å². The maximum atomic E-state index is 5.47. The number of pyridine rings is 1. The molecule has 0 amide bonds. The molecule has 2 aromatic rings. The van der Waals surface area contributed by atoms with Gasteiger partial charge in [0.05, 0.1) is 11.9 Å². The number of fused-ring (bicyclic) bond motifs is 1. The zero-order valence-corrected chi connectivity index (χ0v) is 11.4. The summed E-state index contributed by atoms with van der Waals surface area (Å²) in [6.07, 6.45) is 4.58. The van der Waals surface area contributed by atoms with Crippen molar-refractivity contribution in [2.45, 2.75) is 13.0 Å². The second-order valence-corrected chi connectivity index (χ2v) is 5.00.